The highest BCUT2D eigenvalue weighted by Gasteiger charge is 2.29. The number of nitrogen functional groups attached to an aromatic ring is 1. The van der Waals surface area contributed by atoms with Gasteiger partial charge in [-0.3, -0.25) is 4.79 Å². The number of hydrogen-bond donors (Lipinski definition) is 2. The molecule has 0 unspecified atom stereocenters. The van der Waals surface area contributed by atoms with Gasteiger partial charge in [0, 0.05) is 12.6 Å². The molecule has 1 aliphatic heterocycles. The minimum atomic E-state index is -0.0553. The summed E-state index contributed by atoms with van der Waals surface area (Å²) in [7, 11) is 2.09. The van der Waals surface area contributed by atoms with Crippen molar-refractivity contribution in [2.45, 2.75) is 25.8 Å². The van der Waals surface area contributed by atoms with Gasteiger partial charge >= 0.3 is 0 Å². The van der Waals surface area contributed by atoms with Gasteiger partial charge in [-0.05, 0) is 39.9 Å². The number of aryl methyl sites for hydroxylation is 1. The van der Waals surface area contributed by atoms with Crippen molar-refractivity contribution in [3.05, 3.63) is 10.6 Å². The Balaban J connectivity index is 2.15. The first-order chi connectivity index (χ1) is 9.52. The van der Waals surface area contributed by atoms with E-state index < -0.39 is 0 Å². The molecule has 0 aromatic carbocycles. The third-order valence-corrected chi connectivity index (χ3v) is 4.71. The smallest absolute Gasteiger partial charge is 0.266 e. The Morgan fingerprint density at radius 2 is 2.20 bits per heavy atom. The zero-order valence-electron chi connectivity index (χ0n) is 12.0. The zero-order chi connectivity index (χ0) is 14.7. The molecule has 7 heteroatoms. The van der Waals surface area contributed by atoms with Gasteiger partial charge in [-0.25, -0.2) is 4.98 Å². The summed E-state index contributed by atoms with van der Waals surface area (Å²) < 4.78 is 0. The van der Waals surface area contributed by atoms with Crippen LogP contribution in [-0.4, -0.2) is 65.1 Å². The number of aliphatic hydroxyl groups excluding tert-OH is 1. The molecule has 0 saturated carbocycles. The molecule has 1 aromatic rings. The van der Waals surface area contributed by atoms with Crippen molar-refractivity contribution in [1.29, 1.82) is 0 Å². The van der Waals surface area contributed by atoms with E-state index in [1.165, 1.54) is 11.3 Å². The minimum Gasteiger partial charge on any atom is -0.395 e. The van der Waals surface area contributed by atoms with E-state index in [-0.39, 0.29) is 18.6 Å². The molecular weight excluding hydrogens is 276 g/mol. The number of carbonyl (C=O) groups excluding carboxylic acids is 1. The van der Waals surface area contributed by atoms with E-state index in [9.17, 15) is 9.90 Å². The van der Waals surface area contributed by atoms with E-state index in [0.29, 0.717) is 22.2 Å². The van der Waals surface area contributed by atoms with E-state index >= 15 is 0 Å². The second-order valence-electron chi connectivity index (χ2n) is 5.22. The Bertz CT molecular complexity index is 469. The van der Waals surface area contributed by atoms with Crippen molar-refractivity contribution in [1.82, 2.24) is 14.8 Å². The number of nitrogens with two attached hydrogens (primary N) is 1. The molecule has 1 saturated heterocycles. The van der Waals surface area contributed by atoms with Crippen molar-refractivity contribution in [3.8, 4) is 0 Å². The number of carbonyl (C=O) groups is 1. The van der Waals surface area contributed by atoms with E-state index in [1.807, 2.05) is 0 Å². The summed E-state index contributed by atoms with van der Waals surface area (Å²) in [6, 6.07) is 0.188. The summed E-state index contributed by atoms with van der Waals surface area (Å²) in [5, 5.41) is 9.66. The second-order valence-corrected chi connectivity index (χ2v) is 6.25. The van der Waals surface area contributed by atoms with Gasteiger partial charge in [0.05, 0.1) is 12.3 Å². The Morgan fingerprint density at radius 1 is 1.55 bits per heavy atom. The lowest BCUT2D eigenvalue weighted by molar-refractivity contribution is 0.0544. The van der Waals surface area contributed by atoms with Crippen LogP contribution in [0.1, 0.15) is 28.2 Å². The molecule has 1 fully saturated rings. The van der Waals surface area contributed by atoms with E-state index in [4.69, 9.17) is 5.73 Å². The zero-order valence-corrected chi connectivity index (χ0v) is 12.8. The molecule has 2 heterocycles. The predicted molar refractivity (Wildman–Crippen MR) is 79.9 cm³/mol. The van der Waals surface area contributed by atoms with Crippen LogP contribution >= 0.6 is 11.3 Å². The highest BCUT2D eigenvalue weighted by Crippen LogP contribution is 2.24. The number of rotatable bonds is 4. The van der Waals surface area contributed by atoms with Crippen LogP contribution < -0.4 is 5.73 Å². The molecule has 0 atom stereocenters. The number of piperidine rings is 1. The number of aliphatic hydroxyl groups is 1. The molecule has 0 radical (unpaired) electrons. The van der Waals surface area contributed by atoms with Gasteiger partial charge in [-0.15, -0.1) is 0 Å². The lowest BCUT2D eigenvalue weighted by Crippen LogP contribution is -2.47. The molecule has 2 rings (SSSR count). The summed E-state index contributed by atoms with van der Waals surface area (Å²) in [6.07, 6.45) is 1.88. The molecule has 1 aliphatic rings. The number of thiazole rings is 1. The number of amides is 1. The Labute approximate surface area is 123 Å². The maximum absolute atomic E-state index is 12.7. The number of anilines is 1. The molecule has 0 bridgehead atoms. The SMILES string of the molecule is Cc1nc(N)sc1C(=O)N(CCO)C1CCN(C)CC1. The third-order valence-electron chi connectivity index (χ3n) is 3.74. The molecular formula is C13H22N4O2S. The van der Waals surface area contributed by atoms with Gasteiger partial charge in [0.2, 0.25) is 0 Å². The summed E-state index contributed by atoms with van der Waals surface area (Å²) in [6.45, 7) is 4.09. The van der Waals surface area contributed by atoms with E-state index in [2.05, 4.69) is 16.9 Å². The Hall–Kier alpha value is -1.18. The van der Waals surface area contributed by atoms with Crippen LogP contribution in [0.5, 0.6) is 0 Å². The van der Waals surface area contributed by atoms with Gasteiger partial charge in [0.1, 0.15) is 4.88 Å². The number of aromatic nitrogens is 1. The van der Waals surface area contributed by atoms with Gasteiger partial charge in [-0.2, -0.15) is 0 Å². The number of hydrogen-bond acceptors (Lipinski definition) is 6. The van der Waals surface area contributed by atoms with Gasteiger partial charge < -0.3 is 20.6 Å². The van der Waals surface area contributed by atoms with Crippen molar-refractivity contribution in [2.24, 2.45) is 0 Å². The lowest BCUT2D eigenvalue weighted by atomic mass is 10.0. The average Bonchev–Trinajstić information content (AvgIpc) is 2.75. The Kier molecular flexibility index (Phi) is 4.95. The van der Waals surface area contributed by atoms with Crippen LogP contribution in [0.3, 0.4) is 0 Å². The molecule has 0 aliphatic carbocycles. The molecule has 20 heavy (non-hydrogen) atoms. The van der Waals surface area contributed by atoms with Gasteiger partial charge in [0.15, 0.2) is 5.13 Å². The highest BCUT2D eigenvalue weighted by molar-refractivity contribution is 7.17. The highest BCUT2D eigenvalue weighted by atomic mass is 32.1. The summed E-state index contributed by atoms with van der Waals surface area (Å²) in [5.74, 6) is -0.0553. The van der Waals surface area contributed by atoms with E-state index in [1.54, 1.807) is 11.8 Å². The molecule has 0 spiro atoms. The van der Waals surface area contributed by atoms with Gasteiger partial charge in [0.25, 0.3) is 5.91 Å². The fraction of sp³-hybridized carbons (Fsp3) is 0.692. The van der Waals surface area contributed by atoms with Crippen molar-refractivity contribution >= 4 is 22.4 Å². The monoisotopic (exact) mass is 298 g/mol. The molecule has 1 aromatic heterocycles. The summed E-state index contributed by atoms with van der Waals surface area (Å²) >= 11 is 1.22. The maximum Gasteiger partial charge on any atom is 0.266 e. The molecule has 112 valence electrons. The quantitative estimate of drug-likeness (QED) is 0.849. The average molecular weight is 298 g/mol. The summed E-state index contributed by atoms with van der Waals surface area (Å²) in [4.78, 5) is 21.4. The van der Waals surface area contributed by atoms with Gasteiger partial charge in [-0.1, -0.05) is 11.3 Å². The topological polar surface area (TPSA) is 82.7 Å². The molecule has 3 N–H and O–H groups in total. The predicted octanol–water partition coefficient (Wildman–Crippen LogP) is 0.562. The third kappa shape index (κ3) is 3.28. The lowest BCUT2D eigenvalue weighted by Gasteiger charge is -2.37. The number of nitrogens with zero attached hydrogens (tertiary/aromatic N) is 3. The van der Waals surface area contributed by atoms with Crippen molar-refractivity contribution in [2.75, 3.05) is 39.0 Å². The summed E-state index contributed by atoms with van der Waals surface area (Å²) in [5.41, 5.74) is 6.34. The largest absolute Gasteiger partial charge is 0.395 e. The Morgan fingerprint density at radius 3 is 2.70 bits per heavy atom. The van der Waals surface area contributed by atoms with Crippen molar-refractivity contribution in [3.63, 3.8) is 0 Å². The first-order valence-electron chi connectivity index (χ1n) is 6.86. The first kappa shape index (κ1) is 15.2. The van der Waals surface area contributed by atoms with Crippen LogP contribution in [0.25, 0.3) is 0 Å². The van der Waals surface area contributed by atoms with E-state index in [0.717, 1.165) is 25.9 Å². The van der Waals surface area contributed by atoms with Crippen LogP contribution in [0, 0.1) is 6.92 Å². The van der Waals surface area contributed by atoms with Crippen LogP contribution in [-0.2, 0) is 0 Å². The van der Waals surface area contributed by atoms with Crippen LogP contribution in [0.2, 0.25) is 0 Å². The molecule has 6 nitrogen and oxygen atoms in total. The van der Waals surface area contributed by atoms with Crippen molar-refractivity contribution < 1.29 is 9.90 Å². The first-order valence-corrected chi connectivity index (χ1v) is 7.68. The second kappa shape index (κ2) is 6.51. The van der Waals surface area contributed by atoms with Crippen LogP contribution in [0.15, 0.2) is 0 Å². The fourth-order valence-corrected chi connectivity index (χ4v) is 3.40. The molecule has 1 amide bonds. The number of likely N-dealkylation sites (tertiary alicyclic amines) is 1. The maximum atomic E-state index is 12.7. The fourth-order valence-electron chi connectivity index (χ4n) is 2.61. The standard InChI is InChI=1S/C13H22N4O2S/c1-9-11(20-13(14)15-9)12(19)17(7-8-18)10-3-5-16(2)6-4-10/h10,18H,3-8H2,1-2H3,(H2,14,15). The normalized spacial score (nSPS) is 17.4. The van der Waals surface area contributed by atoms with Crippen LogP contribution in [0.4, 0.5) is 5.13 Å². The minimum absolute atomic E-state index is 0.0224.